The van der Waals surface area contributed by atoms with Crippen LogP contribution in [0, 0.1) is 0 Å². The number of aryl methyl sites for hydroxylation is 1. The van der Waals surface area contributed by atoms with Crippen LogP contribution in [0.25, 0.3) is 10.9 Å². The van der Waals surface area contributed by atoms with E-state index in [1.54, 1.807) is 12.3 Å². The molecular weight excluding hydrogens is 390 g/mol. The first kappa shape index (κ1) is 22.4. The first-order valence-electron chi connectivity index (χ1n) is 10.5. The van der Waals surface area contributed by atoms with Gasteiger partial charge in [0.2, 0.25) is 11.8 Å². The second-order valence-electron chi connectivity index (χ2n) is 7.52. The Morgan fingerprint density at radius 3 is 2.55 bits per heavy atom. The van der Waals surface area contributed by atoms with Gasteiger partial charge in [0.1, 0.15) is 6.04 Å². The molecular formula is C24H29N5O2. The molecule has 2 atom stereocenters. The highest BCUT2D eigenvalue weighted by molar-refractivity contribution is 5.99. The van der Waals surface area contributed by atoms with E-state index in [2.05, 4.69) is 15.6 Å². The highest BCUT2D eigenvalue weighted by Crippen LogP contribution is 2.17. The number of rotatable bonds is 10. The number of fused-ring (bicyclic) bond motifs is 1. The van der Waals surface area contributed by atoms with Crippen LogP contribution < -0.4 is 22.1 Å². The minimum Gasteiger partial charge on any atom is -0.343 e. The Morgan fingerprint density at radius 1 is 0.968 bits per heavy atom. The number of nitrogens with zero attached hydrogens (tertiary/aromatic N) is 1. The fourth-order valence-electron chi connectivity index (χ4n) is 3.35. The van der Waals surface area contributed by atoms with E-state index in [9.17, 15) is 9.59 Å². The zero-order valence-corrected chi connectivity index (χ0v) is 17.5. The van der Waals surface area contributed by atoms with Crippen molar-refractivity contribution in [1.82, 2.24) is 10.3 Å². The van der Waals surface area contributed by atoms with Crippen LogP contribution in [0.15, 0.2) is 66.9 Å². The number of aromatic nitrogens is 1. The Bertz CT molecular complexity index is 1010. The molecule has 0 aliphatic heterocycles. The molecule has 2 aromatic carbocycles. The predicted molar refractivity (Wildman–Crippen MR) is 123 cm³/mol. The lowest BCUT2D eigenvalue weighted by Crippen LogP contribution is -2.50. The van der Waals surface area contributed by atoms with Crippen LogP contribution in [0.1, 0.15) is 24.8 Å². The third-order valence-electron chi connectivity index (χ3n) is 5.12. The molecule has 0 spiro atoms. The summed E-state index contributed by atoms with van der Waals surface area (Å²) < 4.78 is 0. The first-order chi connectivity index (χ1) is 15.1. The number of benzene rings is 2. The fourth-order valence-corrected chi connectivity index (χ4v) is 3.35. The van der Waals surface area contributed by atoms with Gasteiger partial charge in [-0.25, -0.2) is 0 Å². The Balaban J connectivity index is 1.60. The van der Waals surface area contributed by atoms with Crippen molar-refractivity contribution in [3.8, 4) is 0 Å². The summed E-state index contributed by atoms with van der Waals surface area (Å²) in [5.74, 6) is -0.629. The minimum atomic E-state index is -0.705. The van der Waals surface area contributed by atoms with Gasteiger partial charge in [0.05, 0.1) is 11.6 Å². The molecule has 0 radical (unpaired) electrons. The number of pyridine rings is 1. The van der Waals surface area contributed by atoms with Gasteiger partial charge in [-0.3, -0.25) is 14.6 Å². The molecule has 1 aromatic heterocycles. The van der Waals surface area contributed by atoms with Crippen molar-refractivity contribution in [3.63, 3.8) is 0 Å². The third-order valence-corrected chi connectivity index (χ3v) is 5.12. The molecule has 162 valence electrons. The Hall–Kier alpha value is -3.29. The van der Waals surface area contributed by atoms with E-state index in [0.717, 1.165) is 16.5 Å². The Morgan fingerprint density at radius 2 is 1.77 bits per heavy atom. The van der Waals surface area contributed by atoms with E-state index in [0.29, 0.717) is 37.9 Å². The molecule has 31 heavy (non-hydrogen) atoms. The summed E-state index contributed by atoms with van der Waals surface area (Å²) in [6.07, 6.45) is 3.97. The quantitative estimate of drug-likeness (QED) is 0.402. The molecule has 0 aliphatic rings. The lowest BCUT2D eigenvalue weighted by molar-refractivity contribution is -0.127. The largest absolute Gasteiger partial charge is 0.343 e. The van der Waals surface area contributed by atoms with Gasteiger partial charge in [-0.2, -0.15) is 0 Å². The highest BCUT2D eigenvalue weighted by Gasteiger charge is 2.23. The Kier molecular flexibility index (Phi) is 8.09. The molecule has 0 saturated carbocycles. The average molecular weight is 420 g/mol. The smallest absolute Gasteiger partial charge is 0.246 e. The normalized spacial score (nSPS) is 12.8. The van der Waals surface area contributed by atoms with Crippen LogP contribution in [-0.2, 0) is 16.0 Å². The predicted octanol–water partition coefficient (Wildman–Crippen LogP) is 2.36. The van der Waals surface area contributed by atoms with E-state index in [1.165, 1.54) is 0 Å². The van der Waals surface area contributed by atoms with Gasteiger partial charge in [0.15, 0.2) is 0 Å². The van der Waals surface area contributed by atoms with Crippen molar-refractivity contribution >= 4 is 28.4 Å². The SMILES string of the molecule is NCCC[C@H](NC(=O)[C@@H](N)CCc1ccccc1)C(=O)Nc1ccc2ncccc2c1. The topological polar surface area (TPSA) is 123 Å². The van der Waals surface area contributed by atoms with Crippen LogP contribution >= 0.6 is 0 Å². The molecule has 1 heterocycles. The number of hydrogen-bond acceptors (Lipinski definition) is 5. The Labute approximate surface area is 182 Å². The zero-order chi connectivity index (χ0) is 22.1. The van der Waals surface area contributed by atoms with Crippen LogP contribution in [0.2, 0.25) is 0 Å². The van der Waals surface area contributed by atoms with Crippen molar-refractivity contribution in [2.45, 2.75) is 37.8 Å². The van der Waals surface area contributed by atoms with Gasteiger partial charge in [-0.1, -0.05) is 36.4 Å². The second kappa shape index (κ2) is 11.2. The van der Waals surface area contributed by atoms with E-state index < -0.39 is 12.1 Å². The lowest BCUT2D eigenvalue weighted by Gasteiger charge is -2.21. The number of amides is 2. The van der Waals surface area contributed by atoms with Crippen molar-refractivity contribution in [2.75, 3.05) is 11.9 Å². The van der Waals surface area contributed by atoms with Crippen molar-refractivity contribution in [1.29, 1.82) is 0 Å². The van der Waals surface area contributed by atoms with E-state index in [1.807, 2.05) is 54.6 Å². The second-order valence-corrected chi connectivity index (χ2v) is 7.52. The monoisotopic (exact) mass is 419 g/mol. The number of nitrogens with one attached hydrogen (secondary N) is 2. The van der Waals surface area contributed by atoms with Crippen LogP contribution in [0.3, 0.4) is 0 Å². The van der Waals surface area contributed by atoms with Gasteiger partial charge < -0.3 is 22.1 Å². The summed E-state index contributed by atoms with van der Waals surface area (Å²) in [5, 5.41) is 6.61. The zero-order valence-electron chi connectivity index (χ0n) is 17.5. The number of carbonyl (C=O) groups excluding carboxylic acids is 2. The van der Waals surface area contributed by atoms with Gasteiger partial charge in [0.25, 0.3) is 0 Å². The molecule has 2 amide bonds. The third kappa shape index (κ3) is 6.60. The summed E-state index contributed by atoms with van der Waals surface area (Å²) in [6, 6.07) is 17.7. The number of hydrogen-bond donors (Lipinski definition) is 4. The molecule has 0 aliphatic carbocycles. The maximum Gasteiger partial charge on any atom is 0.246 e. The van der Waals surface area contributed by atoms with Crippen molar-refractivity contribution in [2.24, 2.45) is 11.5 Å². The average Bonchev–Trinajstić information content (AvgIpc) is 2.80. The summed E-state index contributed by atoms with van der Waals surface area (Å²) in [6.45, 7) is 0.432. The van der Waals surface area contributed by atoms with Crippen LogP contribution in [0.4, 0.5) is 5.69 Å². The molecule has 7 nitrogen and oxygen atoms in total. The number of nitrogens with two attached hydrogens (primary N) is 2. The molecule has 0 fully saturated rings. The molecule has 0 unspecified atom stereocenters. The summed E-state index contributed by atoms with van der Waals surface area (Å²) in [4.78, 5) is 29.8. The van der Waals surface area contributed by atoms with Crippen molar-refractivity contribution in [3.05, 3.63) is 72.4 Å². The summed E-state index contributed by atoms with van der Waals surface area (Å²) in [7, 11) is 0. The van der Waals surface area contributed by atoms with Gasteiger partial charge >= 0.3 is 0 Å². The fraction of sp³-hybridized carbons (Fsp3) is 0.292. The van der Waals surface area contributed by atoms with Crippen LogP contribution in [0.5, 0.6) is 0 Å². The van der Waals surface area contributed by atoms with Crippen LogP contribution in [-0.4, -0.2) is 35.4 Å². The van der Waals surface area contributed by atoms with E-state index in [4.69, 9.17) is 11.5 Å². The summed E-state index contributed by atoms with van der Waals surface area (Å²) >= 11 is 0. The maximum atomic E-state index is 12.9. The first-order valence-corrected chi connectivity index (χ1v) is 10.5. The maximum absolute atomic E-state index is 12.9. The van der Waals surface area contributed by atoms with Crippen molar-refractivity contribution < 1.29 is 9.59 Å². The van der Waals surface area contributed by atoms with Gasteiger partial charge in [0, 0.05) is 17.3 Å². The molecule has 7 heteroatoms. The summed E-state index contributed by atoms with van der Waals surface area (Å²) in [5.41, 5.74) is 14.3. The van der Waals surface area contributed by atoms with Gasteiger partial charge in [-0.05, 0) is 62.1 Å². The molecule has 6 N–H and O–H groups in total. The standard InChI is InChI=1S/C24H29N5O2/c25-14-4-9-22(29-23(30)20(26)12-10-17-6-2-1-3-7-17)24(31)28-19-11-13-21-18(16-19)8-5-15-27-21/h1-3,5-8,11,13,15-16,20,22H,4,9-10,12,14,25-26H2,(H,28,31)(H,29,30)/t20-,22-/m0/s1. The number of anilines is 1. The molecule has 3 aromatic rings. The molecule has 3 rings (SSSR count). The highest BCUT2D eigenvalue weighted by atomic mass is 16.2. The molecule has 0 bridgehead atoms. The van der Waals surface area contributed by atoms with E-state index >= 15 is 0 Å². The lowest BCUT2D eigenvalue weighted by atomic mass is 10.0. The van der Waals surface area contributed by atoms with E-state index in [-0.39, 0.29) is 11.8 Å². The van der Waals surface area contributed by atoms with Gasteiger partial charge in [-0.15, -0.1) is 0 Å². The molecule has 0 saturated heterocycles. The minimum absolute atomic E-state index is 0.291. The number of carbonyl (C=O) groups is 2.